The molecule has 0 radical (unpaired) electrons. The summed E-state index contributed by atoms with van der Waals surface area (Å²) in [4.78, 5) is 0. The lowest BCUT2D eigenvalue weighted by Gasteiger charge is -2.38. The quantitative estimate of drug-likeness (QED) is 0.744. The Kier molecular flexibility index (Phi) is 5.31. The van der Waals surface area contributed by atoms with Gasteiger partial charge in [-0.1, -0.05) is 26.7 Å². The first-order chi connectivity index (χ1) is 7.52. The molecule has 0 saturated carbocycles. The van der Waals surface area contributed by atoms with Crippen molar-refractivity contribution in [1.82, 2.24) is 0 Å². The molecule has 0 rings (SSSR count). The highest BCUT2D eigenvalue weighted by Gasteiger charge is 2.72. The van der Waals surface area contributed by atoms with E-state index in [0.717, 1.165) is 0 Å². The molecular weight excluding hydrogens is 250 g/mol. The summed E-state index contributed by atoms with van der Waals surface area (Å²) in [7, 11) is 0. The second-order valence-electron chi connectivity index (χ2n) is 4.04. The van der Waals surface area contributed by atoms with E-state index in [2.05, 4.69) is 0 Å². The lowest BCUT2D eigenvalue weighted by Crippen LogP contribution is -2.61. The van der Waals surface area contributed by atoms with Gasteiger partial charge in [-0.05, 0) is 12.8 Å². The van der Waals surface area contributed by atoms with Gasteiger partial charge >= 0.3 is 12.4 Å². The molecule has 7 heteroatoms. The van der Waals surface area contributed by atoms with Gasteiger partial charge in [-0.15, -0.1) is 0 Å². The fraction of sp³-hybridized carbons (Fsp3) is 1.00. The van der Waals surface area contributed by atoms with Gasteiger partial charge < -0.3 is 5.11 Å². The molecule has 1 N–H and O–H groups in total. The predicted molar refractivity (Wildman–Crippen MR) is 50.4 cm³/mol. The maximum absolute atomic E-state index is 12.5. The van der Waals surface area contributed by atoms with Crippen molar-refractivity contribution in [1.29, 1.82) is 0 Å². The largest absolute Gasteiger partial charge is 0.426 e. The number of hydrogen-bond acceptors (Lipinski definition) is 1. The molecule has 0 aromatic rings. The zero-order chi connectivity index (χ0) is 13.9. The van der Waals surface area contributed by atoms with Gasteiger partial charge in [0.15, 0.2) is 0 Å². The molecule has 0 spiro atoms. The summed E-state index contributed by atoms with van der Waals surface area (Å²) >= 11 is 0. The second-order valence-corrected chi connectivity index (χ2v) is 4.04. The van der Waals surface area contributed by atoms with Crippen LogP contribution in [0.4, 0.5) is 26.3 Å². The van der Waals surface area contributed by atoms with Crippen molar-refractivity contribution >= 4 is 0 Å². The van der Waals surface area contributed by atoms with E-state index in [1.807, 2.05) is 0 Å². The predicted octanol–water partition coefficient (Wildman–Crippen LogP) is 4.06. The smallest absolute Gasteiger partial charge is 0.373 e. The third-order valence-corrected chi connectivity index (χ3v) is 2.73. The molecule has 0 unspecified atom stereocenters. The summed E-state index contributed by atoms with van der Waals surface area (Å²) in [5, 5.41) is 9.16. The van der Waals surface area contributed by atoms with E-state index in [4.69, 9.17) is 5.11 Å². The van der Waals surface area contributed by atoms with Crippen LogP contribution in [0.5, 0.6) is 0 Å². The molecule has 0 bridgehead atoms. The number of alkyl halides is 6. The second kappa shape index (κ2) is 5.46. The van der Waals surface area contributed by atoms with Crippen molar-refractivity contribution in [2.75, 3.05) is 0 Å². The van der Waals surface area contributed by atoms with Crippen molar-refractivity contribution in [3.8, 4) is 0 Å². The third kappa shape index (κ3) is 3.26. The standard InChI is InChI=1S/C10H16F6O/c1-3-5-7(6-4-2)8(17,9(11,12)13)10(14,15)16/h7,17H,3-6H2,1-2H3. The number of aliphatic hydroxyl groups is 1. The van der Waals surface area contributed by atoms with Crippen LogP contribution in [0.1, 0.15) is 39.5 Å². The zero-order valence-electron chi connectivity index (χ0n) is 9.62. The van der Waals surface area contributed by atoms with Crippen LogP contribution in [0.3, 0.4) is 0 Å². The van der Waals surface area contributed by atoms with E-state index in [-0.39, 0.29) is 25.7 Å². The van der Waals surface area contributed by atoms with Crippen molar-refractivity contribution in [2.45, 2.75) is 57.5 Å². The Morgan fingerprint density at radius 2 is 1.12 bits per heavy atom. The summed E-state index contributed by atoms with van der Waals surface area (Å²) in [6, 6.07) is 0. The summed E-state index contributed by atoms with van der Waals surface area (Å²) < 4.78 is 75.2. The van der Waals surface area contributed by atoms with Crippen molar-refractivity contribution in [3.63, 3.8) is 0 Å². The van der Waals surface area contributed by atoms with E-state index in [0.29, 0.717) is 0 Å². The van der Waals surface area contributed by atoms with E-state index in [1.165, 1.54) is 13.8 Å². The van der Waals surface area contributed by atoms with Gasteiger partial charge in [0.1, 0.15) is 0 Å². The Bertz CT molecular complexity index is 212. The van der Waals surface area contributed by atoms with E-state index >= 15 is 0 Å². The van der Waals surface area contributed by atoms with E-state index in [9.17, 15) is 26.3 Å². The van der Waals surface area contributed by atoms with Gasteiger partial charge in [-0.25, -0.2) is 0 Å². The molecule has 0 aliphatic heterocycles. The van der Waals surface area contributed by atoms with Crippen LogP contribution in [0, 0.1) is 5.92 Å². The Morgan fingerprint density at radius 1 is 0.824 bits per heavy atom. The van der Waals surface area contributed by atoms with E-state index in [1.54, 1.807) is 0 Å². The van der Waals surface area contributed by atoms with Crippen molar-refractivity contribution in [3.05, 3.63) is 0 Å². The fourth-order valence-corrected chi connectivity index (χ4v) is 1.88. The molecule has 17 heavy (non-hydrogen) atoms. The van der Waals surface area contributed by atoms with Gasteiger partial charge in [0.05, 0.1) is 0 Å². The molecule has 0 atom stereocenters. The number of hydrogen-bond donors (Lipinski definition) is 1. The van der Waals surface area contributed by atoms with Crippen molar-refractivity contribution in [2.24, 2.45) is 5.92 Å². The molecule has 0 fully saturated rings. The minimum absolute atomic E-state index is 0.152. The van der Waals surface area contributed by atoms with Gasteiger partial charge in [-0.3, -0.25) is 0 Å². The Labute approximate surface area is 95.8 Å². The third-order valence-electron chi connectivity index (χ3n) is 2.73. The average molecular weight is 266 g/mol. The number of halogens is 6. The normalized spacial score (nSPS) is 14.5. The number of rotatable bonds is 5. The maximum atomic E-state index is 12.5. The summed E-state index contributed by atoms with van der Waals surface area (Å²) in [6.07, 6.45) is -11.7. The summed E-state index contributed by atoms with van der Waals surface area (Å²) in [6.45, 7) is 2.96. The molecule has 1 nitrogen and oxygen atoms in total. The molecular formula is C10H16F6O. The lowest BCUT2D eigenvalue weighted by molar-refractivity contribution is -0.386. The van der Waals surface area contributed by atoms with Gasteiger partial charge in [0.2, 0.25) is 0 Å². The van der Waals surface area contributed by atoms with Crippen LogP contribution in [0.15, 0.2) is 0 Å². The van der Waals surface area contributed by atoms with Crippen LogP contribution in [0.2, 0.25) is 0 Å². The zero-order valence-corrected chi connectivity index (χ0v) is 9.62. The van der Waals surface area contributed by atoms with Gasteiger partial charge in [0, 0.05) is 5.92 Å². The van der Waals surface area contributed by atoms with Crippen molar-refractivity contribution < 1.29 is 31.4 Å². The maximum Gasteiger partial charge on any atom is 0.426 e. The molecule has 0 heterocycles. The van der Waals surface area contributed by atoms with Crippen LogP contribution in [0.25, 0.3) is 0 Å². The first kappa shape index (κ1) is 16.5. The van der Waals surface area contributed by atoms with Gasteiger partial charge in [0.25, 0.3) is 5.60 Å². The Hall–Kier alpha value is -0.460. The fourth-order valence-electron chi connectivity index (χ4n) is 1.88. The highest BCUT2D eigenvalue weighted by molar-refractivity contribution is 4.99. The monoisotopic (exact) mass is 266 g/mol. The first-order valence-corrected chi connectivity index (χ1v) is 5.38. The van der Waals surface area contributed by atoms with E-state index < -0.39 is 23.9 Å². The Balaban J connectivity index is 5.42. The van der Waals surface area contributed by atoms with Crippen LogP contribution >= 0.6 is 0 Å². The molecule has 0 aliphatic rings. The molecule has 0 amide bonds. The average Bonchev–Trinajstić information content (AvgIpc) is 2.12. The molecule has 0 aromatic heterocycles. The van der Waals surface area contributed by atoms with Crippen LogP contribution < -0.4 is 0 Å². The molecule has 0 saturated heterocycles. The molecule has 104 valence electrons. The molecule has 0 aromatic carbocycles. The minimum Gasteiger partial charge on any atom is -0.373 e. The highest BCUT2D eigenvalue weighted by Crippen LogP contribution is 2.50. The molecule has 0 aliphatic carbocycles. The van der Waals surface area contributed by atoms with Gasteiger partial charge in [-0.2, -0.15) is 26.3 Å². The van der Waals surface area contributed by atoms with Crippen LogP contribution in [-0.4, -0.2) is 23.1 Å². The lowest BCUT2D eigenvalue weighted by atomic mass is 9.80. The minimum atomic E-state index is -5.71. The topological polar surface area (TPSA) is 20.2 Å². The SMILES string of the molecule is CCCC(CCC)C(O)(C(F)(F)F)C(F)(F)F. The summed E-state index contributed by atoms with van der Waals surface area (Å²) in [5.74, 6) is -1.85. The first-order valence-electron chi connectivity index (χ1n) is 5.38. The summed E-state index contributed by atoms with van der Waals surface area (Å²) in [5.41, 5.74) is -4.61. The van der Waals surface area contributed by atoms with Crippen LogP contribution in [-0.2, 0) is 0 Å². The Morgan fingerprint density at radius 3 is 1.29 bits per heavy atom. The highest BCUT2D eigenvalue weighted by atomic mass is 19.4.